The van der Waals surface area contributed by atoms with Crippen molar-refractivity contribution in [2.75, 3.05) is 18.4 Å². The molecular formula is C15H17ClFN5OS. The fourth-order valence-corrected chi connectivity index (χ4v) is 3.43. The van der Waals surface area contributed by atoms with Crippen molar-refractivity contribution in [3.63, 3.8) is 0 Å². The monoisotopic (exact) mass is 369 g/mol. The molecule has 1 aliphatic rings. The molecule has 0 aliphatic carbocycles. The van der Waals surface area contributed by atoms with Gasteiger partial charge in [0.25, 0.3) is 0 Å². The van der Waals surface area contributed by atoms with Crippen LogP contribution >= 0.6 is 23.1 Å². The number of hydrogen-bond acceptors (Lipinski definition) is 5. The number of nitrogens with zero attached hydrogens (tertiary/aromatic N) is 4. The first-order chi connectivity index (χ1) is 11.5. The summed E-state index contributed by atoms with van der Waals surface area (Å²) in [5.41, 5.74) is 0.437. The molecule has 0 spiro atoms. The van der Waals surface area contributed by atoms with E-state index in [0.717, 1.165) is 12.8 Å². The average Bonchev–Trinajstić information content (AvgIpc) is 2.96. The number of pyridine rings is 1. The summed E-state index contributed by atoms with van der Waals surface area (Å²) in [4.78, 5) is 22.1. The quantitative estimate of drug-likeness (QED) is 0.898. The van der Waals surface area contributed by atoms with Crippen LogP contribution in [0.15, 0.2) is 12.3 Å². The Hall–Kier alpha value is -1.80. The molecule has 2 aromatic rings. The zero-order valence-corrected chi connectivity index (χ0v) is 14.7. The van der Waals surface area contributed by atoms with Crippen molar-refractivity contribution >= 4 is 34.3 Å². The van der Waals surface area contributed by atoms with E-state index in [4.69, 9.17) is 11.6 Å². The summed E-state index contributed by atoms with van der Waals surface area (Å²) in [5.74, 6) is 0.585. The van der Waals surface area contributed by atoms with E-state index in [9.17, 15) is 9.18 Å². The van der Waals surface area contributed by atoms with Crippen molar-refractivity contribution in [1.82, 2.24) is 19.2 Å². The van der Waals surface area contributed by atoms with E-state index in [1.807, 2.05) is 0 Å². The molecule has 0 bridgehead atoms. The molecule has 1 fully saturated rings. The maximum absolute atomic E-state index is 13.8. The molecule has 1 N–H and O–H groups in total. The van der Waals surface area contributed by atoms with Gasteiger partial charge in [0.2, 0.25) is 5.13 Å². The molecule has 3 heterocycles. The molecule has 0 aromatic carbocycles. The van der Waals surface area contributed by atoms with E-state index in [1.54, 1.807) is 11.8 Å². The van der Waals surface area contributed by atoms with E-state index in [2.05, 4.69) is 19.7 Å². The van der Waals surface area contributed by atoms with Crippen LogP contribution in [0.5, 0.6) is 0 Å². The summed E-state index contributed by atoms with van der Waals surface area (Å²) in [6, 6.07) is 1.12. The Morgan fingerprint density at radius 1 is 1.50 bits per heavy atom. The standard InChI is InChI=1S/C15H17ClFN5OS/c1-9-19-14(24-21-9)20-15(23)22-4-2-10(3-5-22)6-13-12(17)7-11(16)8-18-13/h7-8,10H,2-6H2,1H3,(H,19,20,21,23). The first kappa shape index (κ1) is 17.0. The highest BCUT2D eigenvalue weighted by Gasteiger charge is 2.24. The minimum atomic E-state index is -0.366. The van der Waals surface area contributed by atoms with Crippen LogP contribution in [0.3, 0.4) is 0 Å². The number of hydrogen-bond donors (Lipinski definition) is 1. The second-order valence-electron chi connectivity index (χ2n) is 5.79. The van der Waals surface area contributed by atoms with Crippen LogP contribution in [-0.4, -0.2) is 38.4 Å². The predicted octanol–water partition coefficient (Wildman–Crippen LogP) is 3.52. The van der Waals surface area contributed by atoms with Crippen molar-refractivity contribution in [3.05, 3.63) is 34.6 Å². The van der Waals surface area contributed by atoms with Crippen LogP contribution < -0.4 is 5.32 Å². The molecular weight excluding hydrogens is 353 g/mol. The number of carbonyl (C=O) groups is 1. The first-order valence-corrected chi connectivity index (χ1v) is 8.82. The number of rotatable bonds is 3. The third kappa shape index (κ3) is 4.18. The lowest BCUT2D eigenvalue weighted by Crippen LogP contribution is -2.41. The zero-order chi connectivity index (χ0) is 17.1. The molecule has 2 aromatic heterocycles. The summed E-state index contributed by atoms with van der Waals surface area (Å²) in [7, 11) is 0. The molecule has 128 valence electrons. The number of aromatic nitrogens is 3. The normalized spacial score (nSPS) is 15.5. The fourth-order valence-electron chi connectivity index (χ4n) is 2.73. The summed E-state index contributed by atoms with van der Waals surface area (Å²) in [5, 5.41) is 3.56. The second-order valence-corrected chi connectivity index (χ2v) is 6.98. The SMILES string of the molecule is Cc1nsc(NC(=O)N2CCC(Cc3ncc(Cl)cc3F)CC2)n1. The molecule has 0 radical (unpaired) electrons. The first-order valence-electron chi connectivity index (χ1n) is 7.67. The molecule has 24 heavy (non-hydrogen) atoms. The number of anilines is 1. The van der Waals surface area contributed by atoms with Gasteiger partial charge in [-0.3, -0.25) is 10.3 Å². The van der Waals surface area contributed by atoms with Gasteiger partial charge in [-0.15, -0.1) is 0 Å². The van der Waals surface area contributed by atoms with Crippen molar-refractivity contribution in [1.29, 1.82) is 0 Å². The van der Waals surface area contributed by atoms with Gasteiger partial charge in [-0.1, -0.05) is 11.6 Å². The molecule has 0 saturated carbocycles. The number of piperidine rings is 1. The van der Waals surface area contributed by atoms with Gasteiger partial charge in [0.05, 0.1) is 10.7 Å². The topological polar surface area (TPSA) is 71.0 Å². The van der Waals surface area contributed by atoms with E-state index in [0.29, 0.717) is 47.1 Å². The molecule has 1 aliphatic heterocycles. The minimum Gasteiger partial charge on any atom is -0.324 e. The lowest BCUT2D eigenvalue weighted by Gasteiger charge is -2.31. The summed E-state index contributed by atoms with van der Waals surface area (Å²) >= 11 is 6.89. The zero-order valence-electron chi connectivity index (χ0n) is 13.1. The Bertz CT molecular complexity index is 732. The fraction of sp³-hybridized carbons (Fsp3) is 0.467. The second kappa shape index (κ2) is 7.40. The number of halogens is 2. The number of urea groups is 1. The highest BCUT2D eigenvalue weighted by molar-refractivity contribution is 7.09. The Balaban J connectivity index is 1.51. The van der Waals surface area contributed by atoms with Gasteiger partial charge in [-0.05, 0) is 38.2 Å². The van der Waals surface area contributed by atoms with Crippen LogP contribution in [0.25, 0.3) is 0 Å². The number of aryl methyl sites for hydroxylation is 1. The Morgan fingerprint density at radius 2 is 2.25 bits per heavy atom. The molecule has 1 saturated heterocycles. The van der Waals surface area contributed by atoms with E-state index < -0.39 is 0 Å². The number of nitrogens with one attached hydrogen (secondary N) is 1. The minimum absolute atomic E-state index is 0.166. The maximum Gasteiger partial charge on any atom is 0.323 e. The van der Waals surface area contributed by atoms with E-state index in [-0.39, 0.29) is 11.8 Å². The van der Waals surface area contributed by atoms with Gasteiger partial charge >= 0.3 is 6.03 Å². The number of likely N-dealkylation sites (tertiary alicyclic amines) is 1. The number of amides is 2. The van der Waals surface area contributed by atoms with Crippen molar-refractivity contribution < 1.29 is 9.18 Å². The lowest BCUT2D eigenvalue weighted by atomic mass is 9.92. The Morgan fingerprint density at radius 3 is 2.88 bits per heavy atom. The average molecular weight is 370 g/mol. The smallest absolute Gasteiger partial charge is 0.323 e. The molecule has 2 amide bonds. The van der Waals surface area contributed by atoms with Crippen LogP contribution in [0, 0.1) is 18.7 Å². The van der Waals surface area contributed by atoms with E-state index in [1.165, 1.54) is 23.8 Å². The Labute approximate surface area is 148 Å². The van der Waals surface area contributed by atoms with Crippen molar-refractivity contribution in [3.8, 4) is 0 Å². The molecule has 0 unspecified atom stereocenters. The van der Waals surface area contributed by atoms with Gasteiger partial charge in [-0.2, -0.15) is 4.37 Å². The summed E-state index contributed by atoms with van der Waals surface area (Å²) < 4.78 is 17.9. The van der Waals surface area contributed by atoms with Crippen LogP contribution in [0.2, 0.25) is 5.02 Å². The van der Waals surface area contributed by atoms with Gasteiger partial charge in [-0.25, -0.2) is 14.2 Å². The third-order valence-electron chi connectivity index (χ3n) is 4.01. The molecule has 0 atom stereocenters. The lowest BCUT2D eigenvalue weighted by molar-refractivity contribution is 0.182. The Kier molecular flexibility index (Phi) is 5.25. The summed E-state index contributed by atoms with van der Waals surface area (Å²) in [6.45, 7) is 3.04. The van der Waals surface area contributed by atoms with Crippen molar-refractivity contribution in [2.45, 2.75) is 26.2 Å². The third-order valence-corrected chi connectivity index (χ3v) is 4.94. The number of carbonyl (C=O) groups excluding carboxylic acids is 1. The van der Waals surface area contributed by atoms with Crippen molar-refractivity contribution in [2.24, 2.45) is 5.92 Å². The maximum atomic E-state index is 13.8. The van der Waals surface area contributed by atoms with Gasteiger partial charge in [0.15, 0.2) is 0 Å². The highest BCUT2D eigenvalue weighted by atomic mass is 35.5. The van der Waals surface area contributed by atoms with Gasteiger partial charge in [0, 0.05) is 30.8 Å². The predicted molar refractivity (Wildman–Crippen MR) is 90.9 cm³/mol. The highest BCUT2D eigenvalue weighted by Crippen LogP contribution is 2.23. The molecule has 9 heteroatoms. The molecule has 3 rings (SSSR count). The van der Waals surface area contributed by atoms with Gasteiger partial charge < -0.3 is 4.90 Å². The van der Waals surface area contributed by atoms with Crippen LogP contribution in [-0.2, 0) is 6.42 Å². The van der Waals surface area contributed by atoms with Crippen LogP contribution in [0.4, 0.5) is 14.3 Å². The van der Waals surface area contributed by atoms with Crippen LogP contribution in [0.1, 0.15) is 24.4 Å². The molecule has 6 nitrogen and oxygen atoms in total. The van der Waals surface area contributed by atoms with E-state index >= 15 is 0 Å². The largest absolute Gasteiger partial charge is 0.324 e. The summed E-state index contributed by atoms with van der Waals surface area (Å²) in [6.07, 6.45) is 3.65. The van der Waals surface area contributed by atoms with Gasteiger partial charge in [0.1, 0.15) is 11.6 Å².